The van der Waals surface area contributed by atoms with Crippen LogP contribution in [-0.4, -0.2) is 0 Å². The molecule has 1 nitrogen and oxygen atoms in total. The van der Waals surface area contributed by atoms with Crippen LogP contribution in [0.2, 0.25) is 0 Å². The molecule has 234 valence electrons. The quantitative estimate of drug-likeness (QED) is 0.163. The first-order chi connectivity index (χ1) is 24.1. The third-order valence-electron chi connectivity index (χ3n) is 10.2. The van der Waals surface area contributed by atoms with Gasteiger partial charge < -0.3 is 4.90 Å². The first kappa shape index (κ1) is 29.4. The van der Waals surface area contributed by atoms with E-state index >= 15 is 0 Å². The fraction of sp³-hybridized carbons (Fsp3) is 0.0638. The van der Waals surface area contributed by atoms with Gasteiger partial charge in [-0.2, -0.15) is 0 Å². The molecule has 0 spiro atoms. The summed E-state index contributed by atoms with van der Waals surface area (Å²) in [7, 11) is 0. The number of anilines is 3. The van der Waals surface area contributed by atoms with Crippen LogP contribution in [-0.2, 0) is 5.41 Å². The van der Waals surface area contributed by atoms with Crippen LogP contribution in [0.1, 0.15) is 25.0 Å². The zero-order valence-electron chi connectivity index (χ0n) is 27.6. The Kier molecular flexibility index (Phi) is 7.07. The molecule has 0 fully saturated rings. The first-order valence-corrected chi connectivity index (χ1v) is 17.8. The molecule has 0 aliphatic carbocycles. The second kappa shape index (κ2) is 11.8. The molecule has 0 saturated heterocycles. The van der Waals surface area contributed by atoms with Gasteiger partial charge in [-0.25, -0.2) is 0 Å². The van der Waals surface area contributed by atoms with Gasteiger partial charge in [0.2, 0.25) is 0 Å². The van der Waals surface area contributed by atoms with Crippen molar-refractivity contribution in [3.8, 4) is 11.1 Å². The van der Waals surface area contributed by atoms with Gasteiger partial charge in [0, 0.05) is 47.7 Å². The molecule has 1 heterocycles. The van der Waals surface area contributed by atoms with Crippen LogP contribution in [0.25, 0.3) is 52.8 Å². The Morgan fingerprint density at radius 1 is 0.449 bits per heavy atom. The van der Waals surface area contributed by atoms with Gasteiger partial charge in [0.25, 0.3) is 0 Å². The maximum atomic E-state index is 2.44. The number of fused-ring (bicyclic) bond motifs is 7. The summed E-state index contributed by atoms with van der Waals surface area (Å²) in [6, 6.07) is 64.4. The van der Waals surface area contributed by atoms with Crippen molar-refractivity contribution in [3.05, 3.63) is 187 Å². The summed E-state index contributed by atoms with van der Waals surface area (Å²) in [4.78, 5) is 2.44. The maximum Gasteiger partial charge on any atom is 0.0546 e. The highest BCUT2D eigenvalue weighted by molar-refractivity contribution is 7.26. The number of rotatable bonds is 6. The van der Waals surface area contributed by atoms with E-state index < -0.39 is 0 Å². The molecule has 0 saturated carbocycles. The molecular formula is C47H35NS. The Labute approximate surface area is 291 Å². The normalized spacial score (nSPS) is 11.9. The van der Waals surface area contributed by atoms with Crippen molar-refractivity contribution in [1.29, 1.82) is 0 Å². The van der Waals surface area contributed by atoms with Crippen molar-refractivity contribution < 1.29 is 0 Å². The zero-order valence-corrected chi connectivity index (χ0v) is 28.4. The van der Waals surface area contributed by atoms with Crippen LogP contribution in [0.3, 0.4) is 0 Å². The molecule has 0 atom stereocenters. The number of benzene rings is 8. The number of hydrogen-bond donors (Lipinski definition) is 0. The molecule has 0 radical (unpaired) electrons. The molecule has 0 aliphatic heterocycles. The van der Waals surface area contributed by atoms with Gasteiger partial charge in [-0.05, 0) is 69.4 Å². The molecule has 0 bridgehead atoms. The van der Waals surface area contributed by atoms with Crippen LogP contribution in [0, 0.1) is 0 Å². The molecular weight excluding hydrogens is 611 g/mol. The molecule has 9 rings (SSSR count). The van der Waals surface area contributed by atoms with E-state index in [9.17, 15) is 0 Å². The van der Waals surface area contributed by atoms with Gasteiger partial charge in [-0.3, -0.25) is 0 Å². The summed E-state index contributed by atoms with van der Waals surface area (Å²) in [6.07, 6.45) is 0. The van der Waals surface area contributed by atoms with Crippen LogP contribution < -0.4 is 4.90 Å². The highest BCUT2D eigenvalue weighted by Crippen LogP contribution is 2.47. The maximum absolute atomic E-state index is 2.44. The van der Waals surface area contributed by atoms with Crippen LogP contribution in [0.5, 0.6) is 0 Å². The van der Waals surface area contributed by atoms with Gasteiger partial charge in [0.05, 0.1) is 5.69 Å². The summed E-state index contributed by atoms with van der Waals surface area (Å²) < 4.78 is 2.68. The van der Waals surface area contributed by atoms with E-state index in [1.807, 2.05) is 11.3 Å². The number of hydrogen-bond acceptors (Lipinski definition) is 2. The summed E-state index contributed by atoms with van der Waals surface area (Å²) in [6.45, 7) is 4.62. The second-order valence-corrected chi connectivity index (χ2v) is 14.4. The van der Waals surface area contributed by atoms with Gasteiger partial charge in [-0.15, -0.1) is 11.3 Å². The van der Waals surface area contributed by atoms with Crippen molar-refractivity contribution in [2.45, 2.75) is 19.3 Å². The summed E-state index contributed by atoms with van der Waals surface area (Å²) in [5.41, 5.74) is 8.34. The Morgan fingerprint density at radius 3 is 1.71 bits per heavy atom. The standard InChI is InChI=1S/C47H35NS/c1-47(2,35-15-7-4-8-16-35)36-24-28-38(29-25-36)48(37-26-21-33(22-27-37)32-13-5-3-6-14-32)43-31-34-23-30-42-40-18-11-12-20-44(40)49-46(42)45(34)41-19-10-9-17-39(41)43/h3-31H,1-2H3. The highest BCUT2D eigenvalue weighted by Gasteiger charge is 2.24. The van der Waals surface area contributed by atoms with E-state index in [1.165, 1.54) is 69.7 Å². The summed E-state index contributed by atoms with van der Waals surface area (Å²) in [5, 5.41) is 7.76. The lowest BCUT2D eigenvalue weighted by atomic mass is 9.78. The van der Waals surface area contributed by atoms with E-state index in [2.05, 4.69) is 195 Å². The van der Waals surface area contributed by atoms with E-state index in [1.54, 1.807) is 0 Å². The summed E-state index contributed by atoms with van der Waals surface area (Å²) >= 11 is 1.90. The van der Waals surface area contributed by atoms with Gasteiger partial charge in [0.1, 0.15) is 0 Å². The topological polar surface area (TPSA) is 3.24 Å². The van der Waals surface area contributed by atoms with Crippen molar-refractivity contribution in [2.75, 3.05) is 4.90 Å². The van der Waals surface area contributed by atoms with E-state index in [0.717, 1.165) is 11.4 Å². The lowest BCUT2D eigenvalue weighted by Gasteiger charge is -2.30. The smallest absolute Gasteiger partial charge is 0.0546 e. The molecule has 0 N–H and O–H groups in total. The molecule has 0 aliphatic rings. The lowest BCUT2D eigenvalue weighted by molar-refractivity contribution is 0.641. The SMILES string of the molecule is CC(C)(c1ccccc1)c1ccc(N(c2ccc(-c3ccccc3)cc2)c2cc3ccc4c5ccccc5sc4c3c3ccccc23)cc1. The first-order valence-electron chi connectivity index (χ1n) is 16.9. The largest absolute Gasteiger partial charge is 0.310 e. The Hall–Kier alpha value is -5.70. The zero-order chi connectivity index (χ0) is 33.0. The van der Waals surface area contributed by atoms with Crippen LogP contribution >= 0.6 is 11.3 Å². The Morgan fingerprint density at radius 2 is 1.00 bits per heavy atom. The molecule has 9 aromatic rings. The highest BCUT2D eigenvalue weighted by atomic mass is 32.1. The third kappa shape index (κ3) is 4.99. The van der Waals surface area contributed by atoms with E-state index in [0.29, 0.717) is 0 Å². The van der Waals surface area contributed by atoms with Crippen LogP contribution in [0.4, 0.5) is 17.1 Å². The van der Waals surface area contributed by atoms with Crippen LogP contribution in [0.15, 0.2) is 176 Å². The lowest BCUT2D eigenvalue weighted by Crippen LogP contribution is -2.19. The molecule has 49 heavy (non-hydrogen) atoms. The predicted molar refractivity (Wildman–Crippen MR) is 213 cm³/mol. The Balaban J connectivity index is 1.25. The second-order valence-electron chi connectivity index (χ2n) is 13.4. The Bertz CT molecular complexity index is 2600. The summed E-state index contributed by atoms with van der Waals surface area (Å²) in [5.74, 6) is 0. The van der Waals surface area contributed by atoms with Crippen molar-refractivity contribution in [1.82, 2.24) is 0 Å². The van der Waals surface area contributed by atoms with Gasteiger partial charge in [0.15, 0.2) is 0 Å². The minimum atomic E-state index is -0.118. The van der Waals surface area contributed by atoms with E-state index in [4.69, 9.17) is 0 Å². The molecule has 8 aromatic carbocycles. The number of nitrogens with zero attached hydrogens (tertiary/aromatic N) is 1. The third-order valence-corrected chi connectivity index (χ3v) is 11.4. The van der Waals surface area contributed by atoms with Crippen molar-refractivity contribution in [2.24, 2.45) is 0 Å². The molecule has 0 amide bonds. The minimum Gasteiger partial charge on any atom is -0.310 e. The average molecular weight is 646 g/mol. The fourth-order valence-electron chi connectivity index (χ4n) is 7.45. The average Bonchev–Trinajstić information content (AvgIpc) is 3.55. The molecule has 1 aromatic heterocycles. The molecule has 2 heteroatoms. The fourth-order valence-corrected chi connectivity index (χ4v) is 8.72. The van der Waals surface area contributed by atoms with E-state index in [-0.39, 0.29) is 5.41 Å². The van der Waals surface area contributed by atoms with Gasteiger partial charge >= 0.3 is 0 Å². The number of thiophene rings is 1. The minimum absolute atomic E-state index is 0.118. The predicted octanol–water partition coefficient (Wildman–Crippen LogP) is 13.8. The van der Waals surface area contributed by atoms with Gasteiger partial charge in [-0.1, -0.05) is 153 Å². The van der Waals surface area contributed by atoms with Crippen molar-refractivity contribution in [3.63, 3.8) is 0 Å². The monoisotopic (exact) mass is 645 g/mol. The molecule has 0 unspecified atom stereocenters. The van der Waals surface area contributed by atoms with Crippen molar-refractivity contribution >= 4 is 70.1 Å².